The molecule has 68 valence electrons. The molecule has 0 heterocycles. The molecule has 0 radical (unpaired) electrons. The number of benzene rings is 1. The van der Waals surface area contributed by atoms with Crippen LogP contribution in [0.15, 0.2) is 54.6 Å². The van der Waals surface area contributed by atoms with Crippen LogP contribution >= 0.6 is 0 Å². The van der Waals surface area contributed by atoms with E-state index in [1.165, 1.54) is 0 Å². The first-order valence-electron chi connectivity index (χ1n) is 4.68. The molecule has 1 heteroatoms. The van der Waals surface area contributed by atoms with Crippen molar-refractivity contribution in [2.45, 2.75) is 11.8 Å². The van der Waals surface area contributed by atoms with Crippen molar-refractivity contribution >= 4 is 0 Å². The molecule has 14 heavy (non-hydrogen) atoms. The highest BCUT2D eigenvalue weighted by Crippen LogP contribution is 2.31. The number of nitrogens with zero attached hydrogens (tertiary/aromatic N) is 1. The van der Waals surface area contributed by atoms with E-state index < -0.39 is 5.41 Å². The maximum Gasteiger partial charge on any atom is 0.104 e. The van der Waals surface area contributed by atoms with Crippen molar-refractivity contribution in [1.29, 1.82) is 5.26 Å². The van der Waals surface area contributed by atoms with E-state index in [1.54, 1.807) is 0 Å². The van der Waals surface area contributed by atoms with Crippen molar-refractivity contribution < 1.29 is 0 Å². The predicted molar refractivity (Wildman–Crippen MR) is 56.6 cm³/mol. The molecule has 0 aromatic heterocycles. The van der Waals surface area contributed by atoms with Crippen LogP contribution in [0.4, 0.5) is 0 Å². The molecule has 0 saturated carbocycles. The van der Waals surface area contributed by atoms with E-state index in [2.05, 4.69) is 6.07 Å². The normalized spacial score (nSPS) is 24.5. The molecule has 2 rings (SSSR count). The molecule has 1 nitrogen and oxygen atoms in total. The Labute approximate surface area is 84.0 Å². The minimum absolute atomic E-state index is 0.448. The monoisotopic (exact) mass is 181 g/mol. The zero-order valence-corrected chi connectivity index (χ0v) is 7.85. The predicted octanol–water partition coefficient (Wildman–Crippen LogP) is 2.96. The van der Waals surface area contributed by atoms with Crippen LogP contribution in [0.3, 0.4) is 0 Å². The minimum Gasteiger partial charge on any atom is -0.197 e. The second-order valence-corrected chi connectivity index (χ2v) is 3.44. The summed E-state index contributed by atoms with van der Waals surface area (Å²) in [6, 6.07) is 12.3. The molecule has 1 atom stereocenters. The Morgan fingerprint density at radius 1 is 1.14 bits per heavy atom. The first kappa shape index (κ1) is 8.77. The maximum atomic E-state index is 9.26. The molecule has 1 aliphatic carbocycles. The molecule has 0 saturated heterocycles. The number of hydrogen-bond donors (Lipinski definition) is 0. The average Bonchev–Trinajstić information content (AvgIpc) is 2.31. The van der Waals surface area contributed by atoms with E-state index >= 15 is 0 Å². The molecule has 1 aromatic rings. The van der Waals surface area contributed by atoms with Crippen LogP contribution in [0.5, 0.6) is 0 Å². The Hall–Kier alpha value is -1.81. The maximum absolute atomic E-state index is 9.26. The number of allylic oxidation sites excluding steroid dienone is 4. The lowest BCUT2D eigenvalue weighted by Crippen LogP contribution is -2.21. The number of rotatable bonds is 1. The van der Waals surface area contributed by atoms with Crippen LogP contribution in [0, 0.1) is 11.3 Å². The second-order valence-electron chi connectivity index (χ2n) is 3.44. The Morgan fingerprint density at radius 3 is 2.50 bits per heavy atom. The minimum atomic E-state index is -0.448. The summed E-state index contributed by atoms with van der Waals surface area (Å²) in [6.07, 6.45) is 8.71. The van der Waals surface area contributed by atoms with Gasteiger partial charge in [-0.25, -0.2) is 0 Å². The van der Waals surface area contributed by atoms with Gasteiger partial charge in [-0.2, -0.15) is 5.26 Å². The van der Waals surface area contributed by atoms with Crippen LogP contribution in [0.1, 0.15) is 12.0 Å². The third-order valence-electron chi connectivity index (χ3n) is 2.56. The lowest BCUT2D eigenvalue weighted by molar-refractivity contribution is 0.691. The molecule has 1 aliphatic rings. The first-order chi connectivity index (χ1) is 6.87. The molecule has 0 N–H and O–H groups in total. The van der Waals surface area contributed by atoms with Crippen LogP contribution in [-0.4, -0.2) is 0 Å². The zero-order valence-electron chi connectivity index (χ0n) is 7.85. The summed E-state index contributed by atoms with van der Waals surface area (Å²) in [5, 5.41) is 9.26. The average molecular weight is 181 g/mol. The first-order valence-corrected chi connectivity index (χ1v) is 4.68. The summed E-state index contributed by atoms with van der Waals surface area (Å²) in [6.45, 7) is 0. The fourth-order valence-electron chi connectivity index (χ4n) is 1.72. The van der Waals surface area contributed by atoms with Gasteiger partial charge in [0.25, 0.3) is 0 Å². The molecule has 0 amide bonds. The third kappa shape index (κ3) is 1.36. The van der Waals surface area contributed by atoms with Gasteiger partial charge < -0.3 is 0 Å². The van der Waals surface area contributed by atoms with Crippen molar-refractivity contribution in [1.82, 2.24) is 0 Å². The Balaban J connectivity index is 2.45. The molecule has 0 spiro atoms. The van der Waals surface area contributed by atoms with E-state index in [9.17, 15) is 5.26 Å². The smallest absolute Gasteiger partial charge is 0.104 e. The quantitative estimate of drug-likeness (QED) is 0.653. The van der Waals surface area contributed by atoms with E-state index in [0.29, 0.717) is 0 Å². The van der Waals surface area contributed by atoms with Gasteiger partial charge >= 0.3 is 0 Å². The zero-order chi connectivity index (χ0) is 9.86. The summed E-state index contributed by atoms with van der Waals surface area (Å²) < 4.78 is 0. The number of hydrogen-bond acceptors (Lipinski definition) is 1. The van der Waals surface area contributed by atoms with E-state index in [0.717, 1.165) is 12.0 Å². The SMILES string of the molecule is N#CC1(c2ccccc2)C=CC=CC1. The van der Waals surface area contributed by atoms with Gasteiger partial charge in [0.05, 0.1) is 6.07 Å². The van der Waals surface area contributed by atoms with Crippen molar-refractivity contribution in [3.05, 3.63) is 60.2 Å². The summed E-state index contributed by atoms with van der Waals surface area (Å²) in [7, 11) is 0. The van der Waals surface area contributed by atoms with Gasteiger partial charge in [-0.05, 0) is 12.0 Å². The third-order valence-corrected chi connectivity index (χ3v) is 2.56. The van der Waals surface area contributed by atoms with Gasteiger partial charge in [0.2, 0.25) is 0 Å². The number of nitriles is 1. The van der Waals surface area contributed by atoms with Gasteiger partial charge in [-0.3, -0.25) is 0 Å². The second kappa shape index (κ2) is 3.51. The van der Waals surface area contributed by atoms with Gasteiger partial charge in [0.15, 0.2) is 0 Å². The van der Waals surface area contributed by atoms with E-state index in [-0.39, 0.29) is 0 Å². The van der Waals surface area contributed by atoms with Gasteiger partial charge in [0, 0.05) is 0 Å². The molecule has 1 aromatic carbocycles. The molecule has 0 aliphatic heterocycles. The molecular formula is C13H11N. The highest BCUT2D eigenvalue weighted by molar-refractivity contribution is 5.42. The van der Waals surface area contributed by atoms with E-state index in [1.807, 2.05) is 54.6 Å². The van der Waals surface area contributed by atoms with Crippen molar-refractivity contribution in [2.24, 2.45) is 0 Å². The molecule has 1 unspecified atom stereocenters. The lowest BCUT2D eigenvalue weighted by atomic mass is 9.77. The Bertz CT molecular complexity index is 409. The lowest BCUT2D eigenvalue weighted by Gasteiger charge is -2.23. The fourth-order valence-corrected chi connectivity index (χ4v) is 1.72. The highest BCUT2D eigenvalue weighted by Gasteiger charge is 2.28. The summed E-state index contributed by atoms with van der Waals surface area (Å²) in [5.74, 6) is 0. The van der Waals surface area contributed by atoms with Crippen molar-refractivity contribution in [2.75, 3.05) is 0 Å². The fraction of sp³-hybridized carbons (Fsp3) is 0.154. The summed E-state index contributed by atoms with van der Waals surface area (Å²) in [5.41, 5.74) is 0.624. The van der Waals surface area contributed by atoms with Gasteiger partial charge in [0.1, 0.15) is 5.41 Å². The molecule has 0 bridgehead atoms. The van der Waals surface area contributed by atoms with Gasteiger partial charge in [-0.1, -0.05) is 54.6 Å². The highest BCUT2D eigenvalue weighted by atomic mass is 14.4. The van der Waals surface area contributed by atoms with Gasteiger partial charge in [-0.15, -0.1) is 0 Å². The largest absolute Gasteiger partial charge is 0.197 e. The Morgan fingerprint density at radius 2 is 1.93 bits per heavy atom. The van der Waals surface area contributed by atoms with Crippen LogP contribution in [0.25, 0.3) is 0 Å². The summed E-state index contributed by atoms with van der Waals surface area (Å²) in [4.78, 5) is 0. The van der Waals surface area contributed by atoms with E-state index in [4.69, 9.17) is 0 Å². The topological polar surface area (TPSA) is 23.8 Å². The van der Waals surface area contributed by atoms with Crippen LogP contribution < -0.4 is 0 Å². The molecular weight excluding hydrogens is 170 g/mol. The Kier molecular flexibility index (Phi) is 2.20. The van der Waals surface area contributed by atoms with Crippen molar-refractivity contribution in [3.8, 4) is 6.07 Å². The van der Waals surface area contributed by atoms with Crippen molar-refractivity contribution in [3.63, 3.8) is 0 Å². The van der Waals surface area contributed by atoms with Crippen LogP contribution in [0.2, 0.25) is 0 Å². The van der Waals surface area contributed by atoms with Crippen LogP contribution in [-0.2, 0) is 5.41 Å². The molecule has 0 fully saturated rings. The standard InChI is InChI=1S/C13H11N/c14-11-13(9-5-2-6-10-13)12-7-3-1-4-8-12/h1-9H,10H2. The summed E-state index contributed by atoms with van der Waals surface area (Å²) >= 11 is 0.